The molecule has 2 fully saturated rings. The van der Waals surface area contributed by atoms with Crippen LogP contribution in [0.25, 0.3) is 16.3 Å². The molecule has 1 aliphatic heterocycles. The second kappa shape index (κ2) is 7.90. The molecule has 0 radical (unpaired) electrons. The van der Waals surface area contributed by atoms with Gasteiger partial charge in [0.15, 0.2) is 15.8 Å². The number of piperazine rings is 1. The molecule has 2 aliphatic rings. The van der Waals surface area contributed by atoms with E-state index in [-0.39, 0.29) is 27.3 Å². The van der Waals surface area contributed by atoms with Gasteiger partial charge in [-0.2, -0.15) is 0 Å². The molecule has 34 heavy (non-hydrogen) atoms. The summed E-state index contributed by atoms with van der Waals surface area (Å²) in [5.74, 6) is 0.276. The number of imidazole rings is 1. The Kier molecular flexibility index (Phi) is 5.47. The zero-order valence-corrected chi connectivity index (χ0v) is 21.0. The van der Waals surface area contributed by atoms with Crippen LogP contribution in [0.15, 0.2) is 23.4 Å². The molecule has 3 aromatic heterocycles. The predicted octanol–water partition coefficient (Wildman–Crippen LogP) is 3.20. The second-order valence-corrected chi connectivity index (χ2v) is 12.8. The Morgan fingerprint density at radius 3 is 2.62 bits per heavy atom. The lowest BCUT2D eigenvalue weighted by Crippen LogP contribution is -2.61. The van der Waals surface area contributed by atoms with Gasteiger partial charge in [0.25, 0.3) is 6.43 Å². The van der Waals surface area contributed by atoms with E-state index in [1.807, 2.05) is 6.92 Å². The van der Waals surface area contributed by atoms with Gasteiger partial charge >= 0.3 is 0 Å². The van der Waals surface area contributed by atoms with E-state index in [1.165, 1.54) is 6.20 Å². The maximum atomic E-state index is 13.3. The molecule has 0 bridgehead atoms. The predicted molar refractivity (Wildman–Crippen MR) is 126 cm³/mol. The maximum absolute atomic E-state index is 13.3. The average Bonchev–Trinajstić information content (AvgIpc) is 3.13. The first kappa shape index (κ1) is 23.5. The third-order valence-electron chi connectivity index (χ3n) is 6.16. The molecule has 2 N–H and O–H groups in total. The lowest BCUT2D eigenvalue weighted by molar-refractivity contribution is 0.150. The first-order valence-electron chi connectivity index (χ1n) is 11.1. The first-order valence-corrected chi connectivity index (χ1v) is 13.4. The van der Waals surface area contributed by atoms with Crippen LogP contribution >= 0.6 is 11.3 Å². The van der Waals surface area contributed by atoms with Crippen LogP contribution in [0.4, 0.5) is 14.5 Å². The number of sulfonamides is 1. The van der Waals surface area contributed by atoms with Crippen LogP contribution in [0.3, 0.4) is 0 Å². The minimum absolute atomic E-state index is 0.0879. The molecule has 1 aliphatic carbocycles. The van der Waals surface area contributed by atoms with Crippen LogP contribution in [0.1, 0.15) is 52.0 Å². The Hall–Kier alpha value is -2.22. The summed E-state index contributed by atoms with van der Waals surface area (Å²) in [4.78, 5) is 6.66. The minimum atomic E-state index is -3.83. The fraction of sp³-hybridized carbons (Fsp3) is 0.571. The van der Waals surface area contributed by atoms with Crippen molar-refractivity contribution < 1.29 is 17.2 Å². The molecule has 0 spiro atoms. The number of pyridine rings is 1. The highest BCUT2D eigenvalue weighted by Crippen LogP contribution is 2.38. The Morgan fingerprint density at radius 1 is 1.26 bits per heavy atom. The third-order valence-corrected chi connectivity index (χ3v) is 8.69. The number of aromatic nitrogens is 4. The SMILES string of the molecule is CC1CN(c2cc(S(=O)(=O)NC3(C)CC3)cn3c(-c4nnc(C(F)F)s4)ncc23)CC(C)(C)N1. The summed E-state index contributed by atoms with van der Waals surface area (Å²) in [6.07, 6.45) is 1.93. The summed E-state index contributed by atoms with van der Waals surface area (Å²) in [5, 5.41) is 10.8. The average molecular weight is 512 g/mol. The highest BCUT2D eigenvalue weighted by Gasteiger charge is 2.42. The van der Waals surface area contributed by atoms with Gasteiger partial charge in [0.1, 0.15) is 4.90 Å². The number of hydrogen-bond donors (Lipinski definition) is 2. The first-order chi connectivity index (χ1) is 15.9. The monoisotopic (exact) mass is 511 g/mol. The molecular formula is C21H27F2N7O2S2. The van der Waals surface area contributed by atoms with E-state index < -0.39 is 27.0 Å². The van der Waals surface area contributed by atoms with Gasteiger partial charge in [-0.1, -0.05) is 11.3 Å². The summed E-state index contributed by atoms with van der Waals surface area (Å²) in [7, 11) is -3.83. The zero-order valence-electron chi connectivity index (χ0n) is 19.3. The van der Waals surface area contributed by atoms with Crippen molar-refractivity contribution in [2.45, 2.75) is 69.0 Å². The summed E-state index contributed by atoms with van der Waals surface area (Å²) in [6.45, 7) is 9.46. The minimum Gasteiger partial charge on any atom is -0.366 e. The molecular weight excluding hydrogens is 484 g/mol. The molecule has 9 nitrogen and oxygen atoms in total. The quantitative estimate of drug-likeness (QED) is 0.524. The molecule has 0 amide bonds. The van der Waals surface area contributed by atoms with E-state index in [9.17, 15) is 17.2 Å². The van der Waals surface area contributed by atoms with Crippen molar-refractivity contribution in [2.75, 3.05) is 18.0 Å². The van der Waals surface area contributed by atoms with Crippen LogP contribution in [-0.4, -0.2) is 58.2 Å². The molecule has 3 aromatic rings. The highest BCUT2D eigenvalue weighted by atomic mass is 32.2. The third kappa shape index (κ3) is 4.41. The summed E-state index contributed by atoms with van der Waals surface area (Å²) < 4.78 is 57.3. The number of halogens is 2. The van der Waals surface area contributed by atoms with E-state index in [0.29, 0.717) is 24.3 Å². The Bertz CT molecular complexity index is 1350. The summed E-state index contributed by atoms with van der Waals surface area (Å²) in [6, 6.07) is 1.85. The van der Waals surface area contributed by atoms with Crippen molar-refractivity contribution in [1.29, 1.82) is 0 Å². The Labute approximate surface area is 200 Å². The Balaban J connectivity index is 1.67. The molecule has 5 rings (SSSR count). The van der Waals surface area contributed by atoms with Crippen LogP contribution in [0, 0.1) is 0 Å². The maximum Gasteiger partial charge on any atom is 0.291 e. The van der Waals surface area contributed by atoms with Crippen LogP contribution in [-0.2, 0) is 10.0 Å². The molecule has 1 saturated carbocycles. The summed E-state index contributed by atoms with van der Waals surface area (Å²) >= 11 is 0.744. The largest absolute Gasteiger partial charge is 0.366 e. The van der Waals surface area contributed by atoms with Gasteiger partial charge in [0, 0.05) is 36.4 Å². The van der Waals surface area contributed by atoms with Gasteiger partial charge in [-0.15, -0.1) is 10.2 Å². The topological polar surface area (TPSA) is 105 Å². The van der Waals surface area contributed by atoms with Crippen LogP contribution in [0.5, 0.6) is 0 Å². The van der Waals surface area contributed by atoms with E-state index in [0.717, 1.165) is 24.2 Å². The lowest BCUT2D eigenvalue weighted by Gasteiger charge is -2.44. The number of fused-ring (bicyclic) bond motifs is 1. The fourth-order valence-corrected chi connectivity index (χ4v) is 6.69. The summed E-state index contributed by atoms with van der Waals surface area (Å²) in [5.41, 5.74) is 0.744. The molecule has 1 saturated heterocycles. The van der Waals surface area contributed by atoms with Crippen LogP contribution < -0.4 is 14.9 Å². The van der Waals surface area contributed by atoms with Gasteiger partial charge in [0.2, 0.25) is 10.0 Å². The van der Waals surface area contributed by atoms with E-state index >= 15 is 0 Å². The van der Waals surface area contributed by atoms with E-state index in [4.69, 9.17) is 0 Å². The van der Waals surface area contributed by atoms with Crippen molar-refractivity contribution in [1.82, 2.24) is 29.6 Å². The molecule has 0 aromatic carbocycles. The molecule has 13 heteroatoms. The van der Waals surface area contributed by atoms with E-state index in [1.54, 1.807) is 16.7 Å². The molecule has 1 unspecified atom stereocenters. The normalized spacial score (nSPS) is 22.0. The molecule has 1 atom stereocenters. The van der Waals surface area contributed by atoms with Crippen molar-refractivity contribution in [3.05, 3.63) is 23.5 Å². The zero-order chi connectivity index (χ0) is 24.5. The standard InChI is InChI=1S/C21H27F2N7O2S2/c1-12-9-29(11-20(2,3)25-12)14-7-13(34(31,32)28-21(4)5-6-21)10-30-15(14)8-24-17(30)19-27-26-18(33-19)16(22)23/h7-8,10,12,16,25,28H,5-6,9,11H2,1-4H3. The lowest BCUT2D eigenvalue weighted by atomic mass is 9.98. The van der Waals surface area contributed by atoms with Crippen molar-refractivity contribution in [3.8, 4) is 10.8 Å². The number of hydrogen-bond acceptors (Lipinski definition) is 8. The fourth-order valence-electron chi connectivity index (χ4n) is 4.51. The molecule has 4 heterocycles. The number of anilines is 1. The number of nitrogens with zero attached hydrogens (tertiary/aromatic N) is 5. The van der Waals surface area contributed by atoms with Crippen molar-refractivity contribution in [2.24, 2.45) is 0 Å². The van der Waals surface area contributed by atoms with Crippen molar-refractivity contribution in [3.63, 3.8) is 0 Å². The van der Waals surface area contributed by atoms with Gasteiger partial charge in [-0.3, -0.25) is 4.40 Å². The van der Waals surface area contributed by atoms with Crippen molar-refractivity contribution >= 4 is 32.6 Å². The van der Waals surface area contributed by atoms with Gasteiger partial charge in [0.05, 0.1) is 17.4 Å². The second-order valence-electron chi connectivity index (χ2n) is 10.1. The Morgan fingerprint density at radius 2 is 2.00 bits per heavy atom. The number of nitrogens with one attached hydrogen (secondary N) is 2. The van der Waals surface area contributed by atoms with Gasteiger partial charge < -0.3 is 10.2 Å². The highest BCUT2D eigenvalue weighted by molar-refractivity contribution is 7.89. The van der Waals surface area contributed by atoms with Gasteiger partial charge in [-0.25, -0.2) is 26.9 Å². The van der Waals surface area contributed by atoms with Gasteiger partial charge in [-0.05, 0) is 46.6 Å². The molecule has 184 valence electrons. The van der Waals surface area contributed by atoms with E-state index in [2.05, 4.69) is 50.9 Å². The number of rotatable bonds is 6. The number of alkyl halides is 2. The smallest absolute Gasteiger partial charge is 0.291 e. The van der Waals surface area contributed by atoms with Crippen LogP contribution in [0.2, 0.25) is 0 Å².